The van der Waals surface area contributed by atoms with Gasteiger partial charge in [-0.05, 0) is 45.4 Å². The van der Waals surface area contributed by atoms with Crippen molar-refractivity contribution in [3.8, 4) is 0 Å². The third-order valence-electron chi connectivity index (χ3n) is 7.31. The fourth-order valence-corrected chi connectivity index (χ4v) is 5.19. The highest BCUT2D eigenvalue weighted by atomic mass is 19.3. The van der Waals surface area contributed by atoms with Gasteiger partial charge in [-0.3, -0.25) is 14.4 Å². The lowest BCUT2D eigenvalue weighted by molar-refractivity contribution is -0.147. The topological polar surface area (TPSA) is 80.7 Å². The van der Waals surface area contributed by atoms with E-state index in [1.165, 1.54) is 0 Å². The molecule has 0 radical (unpaired) electrons. The second kappa shape index (κ2) is 18.0. The third-order valence-corrected chi connectivity index (χ3v) is 7.31. The monoisotopic (exact) mass is 516 g/mol. The quantitative estimate of drug-likeness (QED) is 0.127. The highest BCUT2D eigenvalue weighted by molar-refractivity contribution is 5.86. The van der Waals surface area contributed by atoms with E-state index in [-0.39, 0.29) is 43.0 Å². The van der Waals surface area contributed by atoms with Crippen LogP contribution in [0, 0.1) is 11.8 Å². The summed E-state index contributed by atoms with van der Waals surface area (Å²) in [4.78, 5) is 36.1. The molecule has 1 N–H and O–H groups in total. The number of esters is 1. The van der Waals surface area contributed by atoms with Gasteiger partial charge >= 0.3 is 11.9 Å². The number of Topliss-reactive ketones (excluding diaryl/α,β-unsaturated/α-hetero) is 2. The first kappa shape index (κ1) is 32.7. The van der Waals surface area contributed by atoms with Crippen LogP contribution in [-0.4, -0.2) is 40.8 Å². The van der Waals surface area contributed by atoms with Crippen molar-refractivity contribution < 1.29 is 33.0 Å². The van der Waals surface area contributed by atoms with Crippen LogP contribution in [0.5, 0.6) is 0 Å². The van der Waals surface area contributed by atoms with Crippen LogP contribution < -0.4 is 0 Å². The van der Waals surface area contributed by atoms with E-state index in [2.05, 4.69) is 6.92 Å². The van der Waals surface area contributed by atoms with Gasteiger partial charge in [0.1, 0.15) is 5.78 Å². The Labute approximate surface area is 217 Å². The Morgan fingerprint density at radius 2 is 1.50 bits per heavy atom. The molecule has 0 aromatic carbocycles. The molecular formula is C29H50F2O5. The molecule has 0 heterocycles. The van der Waals surface area contributed by atoms with E-state index in [9.17, 15) is 28.3 Å². The number of halogens is 2. The third kappa shape index (κ3) is 13.3. The molecule has 1 saturated carbocycles. The molecule has 0 saturated heterocycles. The van der Waals surface area contributed by atoms with Crippen molar-refractivity contribution in [3.63, 3.8) is 0 Å². The highest BCUT2D eigenvalue weighted by Crippen LogP contribution is 2.37. The summed E-state index contributed by atoms with van der Waals surface area (Å²) in [6.45, 7) is 5.77. The molecule has 2 unspecified atom stereocenters. The number of carbonyl (C=O) groups excluding carboxylic acids is 3. The van der Waals surface area contributed by atoms with Crippen LogP contribution in [0.2, 0.25) is 0 Å². The summed E-state index contributed by atoms with van der Waals surface area (Å²) in [6, 6.07) is 0. The molecule has 1 aliphatic rings. The average Bonchev–Trinajstić information content (AvgIpc) is 3.07. The predicted octanol–water partition coefficient (Wildman–Crippen LogP) is 7.36. The van der Waals surface area contributed by atoms with Crippen LogP contribution >= 0.6 is 0 Å². The Bertz CT molecular complexity index is 650. The Morgan fingerprint density at radius 3 is 2.14 bits per heavy atom. The van der Waals surface area contributed by atoms with E-state index in [0.717, 1.165) is 64.2 Å². The molecule has 0 spiro atoms. The first-order chi connectivity index (χ1) is 17.1. The molecule has 0 bridgehead atoms. The summed E-state index contributed by atoms with van der Waals surface area (Å²) in [6.07, 6.45) is 10.4. The van der Waals surface area contributed by atoms with Crippen molar-refractivity contribution in [3.05, 3.63) is 0 Å². The number of alkyl halides is 2. The molecule has 1 fully saturated rings. The zero-order valence-electron chi connectivity index (χ0n) is 22.9. The molecule has 3 atom stereocenters. The number of rotatable bonds is 21. The lowest BCUT2D eigenvalue weighted by Gasteiger charge is -2.22. The maximum absolute atomic E-state index is 14.3. The van der Waals surface area contributed by atoms with Gasteiger partial charge in [-0.1, -0.05) is 71.1 Å². The summed E-state index contributed by atoms with van der Waals surface area (Å²) < 4.78 is 33.7. The second-order valence-corrected chi connectivity index (χ2v) is 10.9. The van der Waals surface area contributed by atoms with E-state index in [1.807, 2.05) is 13.8 Å². The van der Waals surface area contributed by atoms with Gasteiger partial charge in [0.15, 0.2) is 0 Å². The zero-order valence-corrected chi connectivity index (χ0v) is 22.9. The summed E-state index contributed by atoms with van der Waals surface area (Å²) in [7, 11) is 0. The molecule has 0 amide bonds. The summed E-state index contributed by atoms with van der Waals surface area (Å²) >= 11 is 0. The van der Waals surface area contributed by atoms with Crippen LogP contribution in [0.15, 0.2) is 0 Å². The lowest BCUT2D eigenvalue weighted by Crippen LogP contribution is -2.30. The van der Waals surface area contributed by atoms with Crippen molar-refractivity contribution in [2.24, 2.45) is 11.8 Å². The number of ketones is 2. The minimum Gasteiger partial charge on any atom is -0.463 e. The normalized spacial score (nSPS) is 20.3. The van der Waals surface area contributed by atoms with Crippen molar-refractivity contribution in [1.29, 1.82) is 0 Å². The number of hydrogen-bond acceptors (Lipinski definition) is 5. The lowest BCUT2D eigenvalue weighted by atomic mass is 9.85. The fourth-order valence-electron chi connectivity index (χ4n) is 5.19. The van der Waals surface area contributed by atoms with Gasteiger partial charge in [-0.25, -0.2) is 0 Å². The Balaban J connectivity index is 2.29. The molecule has 1 rings (SSSR count). The molecule has 36 heavy (non-hydrogen) atoms. The van der Waals surface area contributed by atoms with Gasteiger partial charge in [0.05, 0.1) is 12.2 Å². The van der Waals surface area contributed by atoms with Crippen LogP contribution in [0.4, 0.5) is 8.78 Å². The maximum Gasteiger partial charge on any atom is 0.306 e. The van der Waals surface area contributed by atoms with Crippen molar-refractivity contribution in [2.75, 3.05) is 0 Å². The standard InChI is InChI=1S/C29H50F2O5/c1-4-5-6-7-12-15-20-29(30,31)27(34)19-18-24-23(25(32)21-26(24)33)16-13-10-8-9-11-14-17-28(35)36-22(2)3/h22-24,26,33H,4-21H2,1-3H3/t23?,24-,26?/m1/s1. The van der Waals surface area contributed by atoms with Crippen LogP contribution in [0.1, 0.15) is 136 Å². The molecule has 0 aromatic rings. The van der Waals surface area contributed by atoms with Crippen LogP contribution in [0.25, 0.3) is 0 Å². The first-order valence-corrected chi connectivity index (χ1v) is 14.4. The minimum atomic E-state index is -3.32. The van der Waals surface area contributed by atoms with Crippen LogP contribution in [-0.2, 0) is 19.1 Å². The molecule has 210 valence electrons. The second-order valence-electron chi connectivity index (χ2n) is 10.9. The van der Waals surface area contributed by atoms with E-state index >= 15 is 0 Å². The predicted molar refractivity (Wildman–Crippen MR) is 138 cm³/mol. The molecule has 5 nitrogen and oxygen atoms in total. The number of unbranched alkanes of at least 4 members (excludes halogenated alkanes) is 10. The first-order valence-electron chi connectivity index (χ1n) is 14.4. The molecule has 0 aliphatic heterocycles. The Morgan fingerprint density at radius 1 is 0.917 bits per heavy atom. The van der Waals surface area contributed by atoms with E-state index in [1.54, 1.807) is 0 Å². The van der Waals surface area contributed by atoms with Gasteiger partial charge < -0.3 is 9.84 Å². The van der Waals surface area contributed by atoms with E-state index < -0.39 is 30.1 Å². The average molecular weight is 517 g/mol. The van der Waals surface area contributed by atoms with E-state index in [0.29, 0.717) is 25.7 Å². The highest BCUT2D eigenvalue weighted by Gasteiger charge is 2.43. The molecule has 0 aromatic heterocycles. The summed E-state index contributed by atoms with van der Waals surface area (Å²) in [5.41, 5.74) is 0. The van der Waals surface area contributed by atoms with Crippen LogP contribution in [0.3, 0.4) is 0 Å². The molecule has 1 aliphatic carbocycles. The number of carbonyl (C=O) groups is 3. The number of ether oxygens (including phenoxy) is 1. The number of aliphatic hydroxyl groups is 1. The van der Waals surface area contributed by atoms with Crippen molar-refractivity contribution >= 4 is 17.5 Å². The van der Waals surface area contributed by atoms with Crippen molar-refractivity contribution in [2.45, 2.75) is 154 Å². The van der Waals surface area contributed by atoms with Gasteiger partial charge in [-0.2, -0.15) is 8.78 Å². The van der Waals surface area contributed by atoms with Gasteiger partial charge in [-0.15, -0.1) is 0 Å². The summed E-state index contributed by atoms with van der Waals surface area (Å²) in [5.74, 6) is -5.29. The molecule has 7 heteroatoms. The minimum absolute atomic E-state index is 0.0116. The number of hydrogen-bond donors (Lipinski definition) is 1. The number of aliphatic hydroxyl groups excluding tert-OH is 1. The molecular weight excluding hydrogens is 466 g/mol. The summed E-state index contributed by atoms with van der Waals surface area (Å²) in [5, 5.41) is 10.3. The fraction of sp³-hybridized carbons (Fsp3) is 0.897. The SMILES string of the molecule is CCCCCCCCC(F)(F)C(=O)CC[C@H]1C(O)CC(=O)C1CCCCCCCCC(=O)OC(C)C. The van der Waals surface area contributed by atoms with Gasteiger partial charge in [0.25, 0.3) is 0 Å². The Kier molecular flexibility index (Phi) is 16.3. The Hall–Kier alpha value is -1.37. The van der Waals surface area contributed by atoms with Gasteiger partial charge in [0.2, 0.25) is 5.78 Å². The zero-order chi connectivity index (χ0) is 27.0. The van der Waals surface area contributed by atoms with Crippen molar-refractivity contribution in [1.82, 2.24) is 0 Å². The van der Waals surface area contributed by atoms with E-state index in [4.69, 9.17) is 4.74 Å². The smallest absolute Gasteiger partial charge is 0.306 e. The largest absolute Gasteiger partial charge is 0.463 e. The maximum atomic E-state index is 14.3. The van der Waals surface area contributed by atoms with Gasteiger partial charge in [0, 0.05) is 31.6 Å².